The minimum absolute atomic E-state index is 0.229. The fourth-order valence-electron chi connectivity index (χ4n) is 6.03. The van der Waals surface area contributed by atoms with E-state index in [1.54, 1.807) is 0 Å². The van der Waals surface area contributed by atoms with E-state index in [4.69, 9.17) is 4.42 Å². The molecule has 2 heteroatoms. The Labute approximate surface area is 218 Å². The summed E-state index contributed by atoms with van der Waals surface area (Å²) in [6.07, 6.45) is 0. The number of hydrogen-bond acceptors (Lipinski definition) is 1. The smallest absolute Gasteiger partial charge is 0.143 e. The van der Waals surface area contributed by atoms with Gasteiger partial charge in [0, 0.05) is 16.2 Å². The molecule has 0 atom stereocenters. The van der Waals surface area contributed by atoms with Gasteiger partial charge in [0.05, 0.1) is 0 Å². The van der Waals surface area contributed by atoms with Gasteiger partial charge in [-0.15, -0.1) is 0 Å². The first-order chi connectivity index (χ1) is 18.8. The minimum atomic E-state index is -0.229. The zero-order chi connectivity index (χ0) is 25.2. The summed E-state index contributed by atoms with van der Waals surface area (Å²) in [4.78, 5) is 0. The van der Waals surface area contributed by atoms with Crippen LogP contribution in [0.1, 0.15) is 0 Å². The van der Waals surface area contributed by atoms with Gasteiger partial charge < -0.3 is 4.42 Å². The summed E-state index contributed by atoms with van der Waals surface area (Å²) >= 11 is 0. The molecule has 1 aromatic heterocycles. The Kier molecular flexibility index (Phi) is 4.47. The maximum atomic E-state index is 13.8. The van der Waals surface area contributed by atoms with E-state index in [-0.39, 0.29) is 5.82 Å². The molecular formula is C36H21FO. The number of rotatable bonds is 2. The van der Waals surface area contributed by atoms with Crippen LogP contribution >= 0.6 is 0 Å². The third kappa shape index (κ3) is 3.04. The van der Waals surface area contributed by atoms with Crippen LogP contribution in [0.2, 0.25) is 0 Å². The SMILES string of the molecule is Fc1ccc(-c2c3ccccc3c(-c3ccc4oc5c6ccccc6ccc5c4c3)c3ccccc23)cc1. The summed E-state index contributed by atoms with van der Waals surface area (Å²) in [5, 5.41) is 9.17. The van der Waals surface area contributed by atoms with Gasteiger partial charge in [-0.2, -0.15) is 0 Å². The van der Waals surface area contributed by atoms with Crippen LogP contribution in [0.15, 0.2) is 132 Å². The fourth-order valence-corrected chi connectivity index (χ4v) is 6.03. The molecule has 0 spiro atoms. The van der Waals surface area contributed by atoms with Gasteiger partial charge in [-0.1, -0.05) is 97.1 Å². The van der Waals surface area contributed by atoms with Gasteiger partial charge in [-0.05, 0) is 79.5 Å². The van der Waals surface area contributed by atoms with E-state index in [0.29, 0.717) is 0 Å². The summed E-state index contributed by atoms with van der Waals surface area (Å²) in [5.74, 6) is -0.229. The molecule has 178 valence electrons. The van der Waals surface area contributed by atoms with Crippen molar-refractivity contribution >= 4 is 54.3 Å². The Balaban J connectivity index is 1.47. The summed E-state index contributed by atoms with van der Waals surface area (Å²) in [5.41, 5.74) is 6.29. The highest BCUT2D eigenvalue weighted by atomic mass is 19.1. The van der Waals surface area contributed by atoms with E-state index in [1.807, 2.05) is 12.1 Å². The van der Waals surface area contributed by atoms with Gasteiger partial charge in [-0.25, -0.2) is 4.39 Å². The molecule has 1 nitrogen and oxygen atoms in total. The standard InChI is InChI=1S/C36H21FO/c37-25-17-13-23(14-18-25)34-27-9-3-5-11-29(27)35(30-12-6-4-10-28(30)34)24-16-20-33-32(21-24)31-19-15-22-7-1-2-8-26(22)36(31)38-33/h1-21H. The topological polar surface area (TPSA) is 13.1 Å². The second-order valence-corrected chi connectivity index (χ2v) is 9.82. The van der Waals surface area contributed by atoms with Crippen molar-refractivity contribution < 1.29 is 8.81 Å². The van der Waals surface area contributed by atoms with Crippen LogP contribution in [-0.4, -0.2) is 0 Å². The first-order valence-corrected chi connectivity index (χ1v) is 12.8. The molecule has 0 saturated heterocycles. The molecule has 0 aliphatic carbocycles. The van der Waals surface area contributed by atoms with Crippen molar-refractivity contribution in [3.63, 3.8) is 0 Å². The van der Waals surface area contributed by atoms with Crippen LogP contribution in [0, 0.1) is 5.82 Å². The van der Waals surface area contributed by atoms with E-state index in [2.05, 4.69) is 103 Å². The first-order valence-electron chi connectivity index (χ1n) is 12.8. The zero-order valence-corrected chi connectivity index (χ0v) is 20.4. The largest absolute Gasteiger partial charge is 0.455 e. The normalized spacial score (nSPS) is 11.8. The Bertz CT molecular complexity index is 2130. The maximum Gasteiger partial charge on any atom is 0.143 e. The van der Waals surface area contributed by atoms with E-state index in [0.717, 1.165) is 54.8 Å². The summed E-state index contributed by atoms with van der Waals surface area (Å²) in [6, 6.07) is 43.1. The van der Waals surface area contributed by atoms with Gasteiger partial charge in [0.15, 0.2) is 0 Å². The van der Waals surface area contributed by atoms with Crippen molar-refractivity contribution in [1.82, 2.24) is 0 Å². The quantitative estimate of drug-likeness (QED) is 0.221. The molecule has 7 aromatic carbocycles. The molecule has 0 fully saturated rings. The number of benzene rings is 7. The summed E-state index contributed by atoms with van der Waals surface area (Å²) in [7, 11) is 0. The maximum absolute atomic E-state index is 13.8. The molecule has 0 amide bonds. The summed E-state index contributed by atoms with van der Waals surface area (Å²) < 4.78 is 20.2. The second-order valence-electron chi connectivity index (χ2n) is 9.82. The molecule has 0 aliphatic heterocycles. The third-order valence-electron chi connectivity index (χ3n) is 7.71. The van der Waals surface area contributed by atoms with Gasteiger partial charge in [0.2, 0.25) is 0 Å². The van der Waals surface area contributed by atoms with Crippen molar-refractivity contribution in [3.05, 3.63) is 133 Å². The highest BCUT2D eigenvalue weighted by Gasteiger charge is 2.18. The first kappa shape index (κ1) is 21.2. The van der Waals surface area contributed by atoms with Gasteiger partial charge in [0.25, 0.3) is 0 Å². The molecule has 0 bridgehead atoms. The predicted molar refractivity (Wildman–Crippen MR) is 157 cm³/mol. The Hall–Kier alpha value is -4.95. The van der Waals surface area contributed by atoms with Crippen molar-refractivity contribution in [1.29, 1.82) is 0 Å². The minimum Gasteiger partial charge on any atom is -0.455 e. The van der Waals surface area contributed by atoms with E-state index in [1.165, 1.54) is 33.9 Å². The molecule has 8 rings (SSSR count). The Morgan fingerprint density at radius 3 is 1.63 bits per heavy atom. The molecule has 0 radical (unpaired) electrons. The number of furan rings is 1. The predicted octanol–water partition coefficient (Wildman–Crippen LogP) is 10.5. The van der Waals surface area contributed by atoms with Crippen LogP contribution in [0.3, 0.4) is 0 Å². The van der Waals surface area contributed by atoms with Crippen LogP contribution in [0.5, 0.6) is 0 Å². The fraction of sp³-hybridized carbons (Fsp3) is 0. The van der Waals surface area contributed by atoms with Crippen molar-refractivity contribution in [3.8, 4) is 22.3 Å². The molecule has 0 unspecified atom stereocenters. The van der Waals surface area contributed by atoms with Gasteiger partial charge >= 0.3 is 0 Å². The van der Waals surface area contributed by atoms with E-state index in [9.17, 15) is 4.39 Å². The molecule has 8 aromatic rings. The second kappa shape index (κ2) is 8.03. The van der Waals surface area contributed by atoms with Gasteiger partial charge in [0.1, 0.15) is 17.0 Å². The number of hydrogen-bond donors (Lipinski definition) is 0. The molecule has 0 N–H and O–H groups in total. The molecule has 0 saturated carbocycles. The van der Waals surface area contributed by atoms with E-state index < -0.39 is 0 Å². The van der Waals surface area contributed by atoms with E-state index >= 15 is 0 Å². The number of halogens is 1. The van der Waals surface area contributed by atoms with Crippen LogP contribution in [0.4, 0.5) is 4.39 Å². The van der Waals surface area contributed by atoms with Gasteiger partial charge in [-0.3, -0.25) is 0 Å². The molecular weight excluding hydrogens is 467 g/mol. The Morgan fingerprint density at radius 1 is 0.421 bits per heavy atom. The molecule has 38 heavy (non-hydrogen) atoms. The lowest BCUT2D eigenvalue weighted by molar-refractivity contribution is 0.628. The monoisotopic (exact) mass is 488 g/mol. The lowest BCUT2D eigenvalue weighted by atomic mass is 9.86. The van der Waals surface area contributed by atoms with Crippen molar-refractivity contribution in [2.75, 3.05) is 0 Å². The lowest BCUT2D eigenvalue weighted by Crippen LogP contribution is -1.91. The average Bonchev–Trinajstić information content (AvgIpc) is 3.35. The Morgan fingerprint density at radius 2 is 0.974 bits per heavy atom. The number of fused-ring (bicyclic) bond motifs is 7. The molecule has 1 heterocycles. The lowest BCUT2D eigenvalue weighted by Gasteiger charge is -2.17. The van der Waals surface area contributed by atoms with Crippen molar-refractivity contribution in [2.45, 2.75) is 0 Å². The van der Waals surface area contributed by atoms with Crippen LogP contribution < -0.4 is 0 Å². The zero-order valence-electron chi connectivity index (χ0n) is 20.4. The molecule has 0 aliphatic rings. The highest BCUT2D eigenvalue weighted by molar-refractivity contribution is 6.22. The average molecular weight is 489 g/mol. The van der Waals surface area contributed by atoms with Crippen molar-refractivity contribution in [2.24, 2.45) is 0 Å². The van der Waals surface area contributed by atoms with Crippen LogP contribution in [-0.2, 0) is 0 Å². The third-order valence-corrected chi connectivity index (χ3v) is 7.71. The van der Waals surface area contributed by atoms with Crippen LogP contribution in [0.25, 0.3) is 76.5 Å². The summed E-state index contributed by atoms with van der Waals surface area (Å²) in [6.45, 7) is 0. The highest BCUT2D eigenvalue weighted by Crippen LogP contribution is 2.45.